The first-order valence-electron chi connectivity index (χ1n) is 4.73. The highest BCUT2D eigenvalue weighted by atomic mass is 79.9. The van der Waals surface area contributed by atoms with E-state index in [2.05, 4.69) is 58.9 Å². The smallest absolute Gasteiger partial charge is 0.0233 e. The average Bonchev–Trinajstić information content (AvgIpc) is 2.17. The Morgan fingerprint density at radius 1 is 1.07 bits per heavy atom. The molecule has 0 aliphatic carbocycles. The van der Waals surface area contributed by atoms with Crippen LogP contribution in [0.25, 0.3) is 0 Å². The average molecular weight is 279 g/mol. The molecule has 0 unspecified atom stereocenters. The fourth-order valence-corrected chi connectivity index (χ4v) is 1.56. The molecule has 0 atom stereocenters. The summed E-state index contributed by atoms with van der Waals surface area (Å²) in [4.78, 5) is 2.41. The minimum Gasteiger partial charge on any atom is -0.300 e. The van der Waals surface area contributed by atoms with Crippen LogP contribution < -0.4 is 0 Å². The molecule has 3 heteroatoms. The number of halogens is 2. The molecular formula is C11H17BrClN. The third-order valence-electron chi connectivity index (χ3n) is 2.21. The summed E-state index contributed by atoms with van der Waals surface area (Å²) in [5.74, 6) is 0. The minimum absolute atomic E-state index is 0. The Bertz CT molecular complexity index is 244. The van der Waals surface area contributed by atoms with Crippen molar-refractivity contribution in [2.75, 3.05) is 13.1 Å². The number of nitrogens with zero attached hydrogens (tertiary/aromatic N) is 1. The number of hydrogen-bond acceptors (Lipinski definition) is 1. The third-order valence-corrected chi connectivity index (χ3v) is 2.74. The molecule has 14 heavy (non-hydrogen) atoms. The fraction of sp³-hybridized carbons (Fsp3) is 0.455. The van der Waals surface area contributed by atoms with Gasteiger partial charge in [-0.25, -0.2) is 0 Å². The molecule has 80 valence electrons. The van der Waals surface area contributed by atoms with Gasteiger partial charge in [-0.2, -0.15) is 0 Å². The monoisotopic (exact) mass is 277 g/mol. The molecule has 0 saturated heterocycles. The Morgan fingerprint density at radius 2 is 1.57 bits per heavy atom. The van der Waals surface area contributed by atoms with Crippen LogP contribution in [0.4, 0.5) is 0 Å². The summed E-state index contributed by atoms with van der Waals surface area (Å²) >= 11 is 3.43. The summed E-state index contributed by atoms with van der Waals surface area (Å²) in [5.41, 5.74) is 1.38. The minimum atomic E-state index is 0. The van der Waals surface area contributed by atoms with Gasteiger partial charge in [0.25, 0.3) is 0 Å². The Morgan fingerprint density at radius 3 is 2.00 bits per heavy atom. The van der Waals surface area contributed by atoms with Crippen molar-refractivity contribution in [1.29, 1.82) is 0 Å². The topological polar surface area (TPSA) is 3.24 Å². The van der Waals surface area contributed by atoms with Gasteiger partial charge < -0.3 is 0 Å². The van der Waals surface area contributed by atoms with E-state index in [4.69, 9.17) is 0 Å². The molecular weight excluding hydrogens is 261 g/mol. The molecule has 1 aromatic carbocycles. The zero-order valence-electron chi connectivity index (χ0n) is 8.66. The lowest BCUT2D eigenvalue weighted by Crippen LogP contribution is -2.21. The standard InChI is InChI=1S/C11H16BrN.ClH/c1-3-13(4-2)9-10-5-7-11(12)8-6-10;/h5-8H,3-4,9H2,1-2H3;1H. The second-order valence-corrected chi connectivity index (χ2v) is 4.00. The van der Waals surface area contributed by atoms with E-state index in [9.17, 15) is 0 Å². The summed E-state index contributed by atoms with van der Waals surface area (Å²) < 4.78 is 1.15. The highest BCUT2D eigenvalue weighted by molar-refractivity contribution is 9.10. The zero-order valence-corrected chi connectivity index (χ0v) is 11.1. The second kappa shape index (κ2) is 7.27. The molecule has 1 rings (SSSR count). The predicted molar refractivity (Wildman–Crippen MR) is 68.0 cm³/mol. The Labute approximate surface area is 101 Å². The first kappa shape index (κ1) is 13.9. The van der Waals surface area contributed by atoms with Crippen molar-refractivity contribution in [2.24, 2.45) is 0 Å². The molecule has 0 amide bonds. The van der Waals surface area contributed by atoms with Gasteiger partial charge in [-0.1, -0.05) is 41.9 Å². The fourth-order valence-electron chi connectivity index (χ4n) is 1.30. The lowest BCUT2D eigenvalue weighted by Gasteiger charge is -2.17. The molecule has 0 fully saturated rings. The molecule has 0 saturated carbocycles. The van der Waals surface area contributed by atoms with E-state index in [1.807, 2.05) is 0 Å². The van der Waals surface area contributed by atoms with Crippen LogP contribution in [-0.4, -0.2) is 18.0 Å². The largest absolute Gasteiger partial charge is 0.300 e. The molecule has 0 heterocycles. The van der Waals surface area contributed by atoms with Crippen LogP contribution in [0.5, 0.6) is 0 Å². The van der Waals surface area contributed by atoms with Gasteiger partial charge in [-0.3, -0.25) is 4.90 Å². The summed E-state index contributed by atoms with van der Waals surface area (Å²) in [6.07, 6.45) is 0. The van der Waals surface area contributed by atoms with Crippen LogP contribution in [0.3, 0.4) is 0 Å². The van der Waals surface area contributed by atoms with E-state index in [-0.39, 0.29) is 12.4 Å². The van der Waals surface area contributed by atoms with Crippen LogP contribution in [0.15, 0.2) is 28.7 Å². The zero-order chi connectivity index (χ0) is 9.68. The van der Waals surface area contributed by atoms with E-state index in [0.717, 1.165) is 24.1 Å². The number of hydrogen-bond donors (Lipinski definition) is 0. The second-order valence-electron chi connectivity index (χ2n) is 3.09. The lowest BCUT2D eigenvalue weighted by atomic mass is 10.2. The third kappa shape index (κ3) is 4.45. The molecule has 0 aliphatic heterocycles. The van der Waals surface area contributed by atoms with Gasteiger partial charge in [-0.15, -0.1) is 12.4 Å². The number of rotatable bonds is 4. The van der Waals surface area contributed by atoms with Crippen molar-refractivity contribution < 1.29 is 0 Å². The van der Waals surface area contributed by atoms with Crippen LogP contribution in [0.2, 0.25) is 0 Å². The van der Waals surface area contributed by atoms with Crippen molar-refractivity contribution in [3.8, 4) is 0 Å². The molecule has 0 aromatic heterocycles. The summed E-state index contributed by atoms with van der Waals surface area (Å²) in [7, 11) is 0. The summed E-state index contributed by atoms with van der Waals surface area (Å²) in [6, 6.07) is 8.53. The maximum atomic E-state index is 3.43. The summed E-state index contributed by atoms with van der Waals surface area (Å²) in [5, 5.41) is 0. The maximum absolute atomic E-state index is 3.43. The van der Waals surface area contributed by atoms with Gasteiger partial charge in [-0.05, 0) is 30.8 Å². The van der Waals surface area contributed by atoms with E-state index < -0.39 is 0 Å². The van der Waals surface area contributed by atoms with E-state index >= 15 is 0 Å². The first-order chi connectivity index (χ1) is 6.26. The van der Waals surface area contributed by atoms with Gasteiger partial charge >= 0.3 is 0 Å². The van der Waals surface area contributed by atoms with Gasteiger partial charge in [0.1, 0.15) is 0 Å². The van der Waals surface area contributed by atoms with Gasteiger partial charge in [0.05, 0.1) is 0 Å². The highest BCUT2D eigenvalue weighted by Crippen LogP contribution is 2.11. The highest BCUT2D eigenvalue weighted by Gasteiger charge is 1.99. The molecule has 0 bridgehead atoms. The van der Waals surface area contributed by atoms with Crippen molar-refractivity contribution in [3.63, 3.8) is 0 Å². The lowest BCUT2D eigenvalue weighted by molar-refractivity contribution is 0.296. The maximum Gasteiger partial charge on any atom is 0.0233 e. The summed E-state index contributed by atoms with van der Waals surface area (Å²) in [6.45, 7) is 7.68. The molecule has 1 nitrogen and oxygen atoms in total. The molecule has 0 aliphatic rings. The van der Waals surface area contributed by atoms with Crippen molar-refractivity contribution in [1.82, 2.24) is 4.90 Å². The molecule has 0 N–H and O–H groups in total. The first-order valence-corrected chi connectivity index (χ1v) is 5.52. The van der Waals surface area contributed by atoms with Crippen LogP contribution >= 0.6 is 28.3 Å². The van der Waals surface area contributed by atoms with Crippen LogP contribution in [0.1, 0.15) is 19.4 Å². The predicted octanol–water partition coefficient (Wildman–Crippen LogP) is 3.71. The molecule has 0 radical (unpaired) electrons. The van der Waals surface area contributed by atoms with Crippen LogP contribution in [0, 0.1) is 0 Å². The van der Waals surface area contributed by atoms with Gasteiger partial charge in [0.2, 0.25) is 0 Å². The molecule has 1 aromatic rings. The number of benzene rings is 1. The van der Waals surface area contributed by atoms with Crippen LogP contribution in [-0.2, 0) is 6.54 Å². The van der Waals surface area contributed by atoms with E-state index in [1.165, 1.54) is 5.56 Å². The normalized spacial score (nSPS) is 10.0. The Kier molecular flexibility index (Phi) is 7.24. The van der Waals surface area contributed by atoms with Crippen molar-refractivity contribution >= 4 is 28.3 Å². The molecule has 0 spiro atoms. The Balaban J connectivity index is 0.00000169. The van der Waals surface area contributed by atoms with E-state index in [1.54, 1.807) is 0 Å². The quantitative estimate of drug-likeness (QED) is 0.811. The van der Waals surface area contributed by atoms with E-state index in [0.29, 0.717) is 0 Å². The SMILES string of the molecule is CCN(CC)Cc1ccc(Br)cc1.Cl. The van der Waals surface area contributed by atoms with Crippen molar-refractivity contribution in [2.45, 2.75) is 20.4 Å². The Hall–Kier alpha value is -0.0500. The van der Waals surface area contributed by atoms with Gasteiger partial charge in [0.15, 0.2) is 0 Å². The van der Waals surface area contributed by atoms with Crippen molar-refractivity contribution in [3.05, 3.63) is 34.3 Å². The van der Waals surface area contributed by atoms with Gasteiger partial charge in [0, 0.05) is 11.0 Å².